The Kier molecular flexibility index (Phi) is 7.23. The molecule has 2 heterocycles. The normalized spacial score (nSPS) is 18.2. The third-order valence-electron chi connectivity index (χ3n) is 4.31. The van der Waals surface area contributed by atoms with E-state index in [9.17, 15) is 4.79 Å². The van der Waals surface area contributed by atoms with Gasteiger partial charge in [0.05, 0.1) is 6.04 Å². The van der Waals surface area contributed by atoms with Gasteiger partial charge in [0.2, 0.25) is 5.91 Å². The second-order valence-corrected chi connectivity index (χ2v) is 9.03. The summed E-state index contributed by atoms with van der Waals surface area (Å²) in [6, 6.07) is 9.96. The first-order valence-electron chi connectivity index (χ1n) is 8.78. The largest absolute Gasteiger partial charge is 0.349 e. The topological polar surface area (TPSA) is 70.7 Å². The Balaban J connectivity index is 1.47. The first-order chi connectivity index (χ1) is 12.3. The van der Waals surface area contributed by atoms with Crippen molar-refractivity contribution < 1.29 is 4.79 Å². The third-order valence-corrected chi connectivity index (χ3v) is 7.31. The van der Waals surface area contributed by atoms with Crippen LogP contribution in [0.15, 0.2) is 36.7 Å². The Morgan fingerprint density at radius 2 is 2.20 bits per heavy atom. The molecule has 0 radical (unpaired) electrons. The predicted octanol–water partition coefficient (Wildman–Crippen LogP) is 3.92. The van der Waals surface area contributed by atoms with Crippen LogP contribution in [0.25, 0.3) is 0 Å². The molecule has 1 saturated heterocycles. The van der Waals surface area contributed by atoms with Gasteiger partial charge in [0, 0.05) is 23.8 Å². The molecular weight excluding hydrogens is 352 g/mol. The van der Waals surface area contributed by atoms with Crippen molar-refractivity contribution in [2.24, 2.45) is 0 Å². The Labute approximate surface area is 156 Å². The van der Waals surface area contributed by atoms with E-state index in [1.54, 1.807) is 0 Å². The number of carbonyl (C=O) groups is 1. The Bertz CT molecular complexity index is 630. The van der Waals surface area contributed by atoms with Crippen LogP contribution >= 0.6 is 21.6 Å². The maximum absolute atomic E-state index is 12.4. The van der Waals surface area contributed by atoms with Crippen LogP contribution in [-0.4, -0.2) is 32.1 Å². The van der Waals surface area contributed by atoms with Gasteiger partial charge in [-0.2, -0.15) is 5.10 Å². The minimum Gasteiger partial charge on any atom is -0.349 e. The smallest absolute Gasteiger partial charge is 0.220 e. The molecule has 0 saturated carbocycles. The van der Waals surface area contributed by atoms with Gasteiger partial charge >= 0.3 is 0 Å². The van der Waals surface area contributed by atoms with Gasteiger partial charge < -0.3 is 5.32 Å². The molecule has 0 spiro atoms. The van der Waals surface area contributed by atoms with Crippen LogP contribution in [-0.2, 0) is 11.2 Å². The molecular formula is C18H24N4OS2. The molecule has 5 nitrogen and oxygen atoms in total. The zero-order valence-corrected chi connectivity index (χ0v) is 15.8. The van der Waals surface area contributed by atoms with E-state index in [0.29, 0.717) is 12.8 Å². The number of unbranched alkanes of at least 4 members (excludes halogenated alkanes) is 1. The van der Waals surface area contributed by atoms with E-state index in [-0.39, 0.29) is 11.9 Å². The molecule has 25 heavy (non-hydrogen) atoms. The standard InChI is InChI=1S/C18H24N4OS2/c23-18(9-5-4-8-15-10-11-24-25-15)21-16(12-17-19-13-20-22-17)14-6-2-1-3-7-14/h1-3,6-7,13,15-16H,4-5,8-12H2,(H,21,23)(H,19,20,22)/t15-,16+/m0/s1. The van der Waals surface area contributed by atoms with Crippen LogP contribution in [0.2, 0.25) is 0 Å². The van der Waals surface area contributed by atoms with Gasteiger partial charge in [0.15, 0.2) is 0 Å². The highest BCUT2D eigenvalue weighted by Crippen LogP contribution is 2.39. The highest BCUT2D eigenvalue weighted by Gasteiger charge is 2.18. The lowest BCUT2D eigenvalue weighted by molar-refractivity contribution is -0.122. The Morgan fingerprint density at radius 3 is 2.92 bits per heavy atom. The number of aromatic amines is 1. The number of carbonyl (C=O) groups excluding carboxylic acids is 1. The molecule has 2 N–H and O–H groups in total. The molecule has 134 valence electrons. The number of hydrogen-bond acceptors (Lipinski definition) is 5. The highest BCUT2D eigenvalue weighted by atomic mass is 33.1. The van der Waals surface area contributed by atoms with Crippen LogP contribution in [0, 0.1) is 0 Å². The molecule has 1 aliphatic heterocycles. The van der Waals surface area contributed by atoms with Crippen molar-refractivity contribution in [1.82, 2.24) is 20.5 Å². The molecule has 1 aliphatic rings. The molecule has 0 aliphatic carbocycles. The fourth-order valence-electron chi connectivity index (χ4n) is 2.95. The predicted molar refractivity (Wildman–Crippen MR) is 104 cm³/mol. The van der Waals surface area contributed by atoms with E-state index in [1.165, 1.54) is 24.9 Å². The summed E-state index contributed by atoms with van der Waals surface area (Å²) in [5, 5.41) is 10.7. The van der Waals surface area contributed by atoms with Crippen LogP contribution in [0.3, 0.4) is 0 Å². The quantitative estimate of drug-likeness (QED) is 0.513. The number of aromatic nitrogens is 3. The summed E-state index contributed by atoms with van der Waals surface area (Å²) in [4.78, 5) is 16.6. The maximum atomic E-state index is 12.4. The lowest BCUT2D eigenvalue weighted by Crippen LogP contribution is -2.30. The van der Waals surface area contributed by atoms with Crippen molar-refractivity contribution in [3.05, 3.63) is 48.0 Å². The SMILES string of the molecule is O=C(CCCC[C@H]1CCSS1)N[C@H](Cc1ncn[nH]1)c1ccccc1. The van der Waals surface area contributed by atoms with Crippen molar-refractivity contribution >= 4 is 27.5 Å². The molecule has 0 bridgehead atoms. The average Bonchev–Trinajstić information content (AvgIpc) is 3.33. The second-order valence-electron chi connectivity index (χ2n) is 6.24. The van der Waals surface area contributed by atoms with Gasteiger partial charge in [-0.25, -0.2) is 4.98 Å². The van der Waals surface area contributed by atoms with E-state index in [0.717, 1.165) is 29.5 Å². The number of hydrogen-bond donors (Lipinski definition) is 2. The van der Waals surface area contributed by atoms with E-state index in [4.69, 9.17) is 0 Å². The summed E-state index contributed by atoms with van der Waals surface area (Å²) in [5.74, 6) is 2.17. The highest BCUT2D eigenvalue weighted by molar-refractivity contribution is 8.77. The lowest BCUT2D eigenvalue weighted by Gasteiger charge is -2.18. The van der Waals surface area contributed by atoms with E-state index < -0.39 is 0 Å². The maximum Gasteiger partial charge on any atom is 0.220 e. The van der Waals surface area contributed by atoms with Crippen LogP contribution in [0.1, 0.15) is 49.5 Å². The molecule has 1 amide bonds. The summed E-state index contributed by atoms with van der Waals surface area (Å²) >= 11 is 0. The summed E-state index contributed by atoms with van der Waals surface area (Å²) in [5.41, 5.74) is 1.09. The first-order valence-corrected chi connectivity index (χ1v) is 11.2. The van der Waals surface area contributed by atoms with Crippen LogP contribution in [0.4, 0.5) is 0 Å². The third kappa shape index (κ3) is 6.08. The summed E-state index contributed by atoms with van der Waals surface area (Å²) in [6.45, 7) is 0. The van der Waals surface area contributed by atoms with Crippen molar-refractivity contribution in [2.75, 3.05) is 5.75 Å². The minimum atomic E-state index is -0.0802. The van der Waals surface area contributed by atoms with Crippen molar-refractivity contribution in [3.63, 3.8) is 0 Å². The second kappa shape index (κ2) is 9.87. The zero-order valence-electron chi connectivity index (χ0n) is 14.2. The summed E-state index contributed by atoms with van der Waals surface area (Å²) < 4.78 is 0. The number of nitrogens with one attached hydrogen (secondary N) is 2. The van der Waals surface area contributed by atoms with Gasteiger partial charge in [-0.1, -0.05) is 58.3 Å². The van der Waals surface area contributed by atoms with Crippen molar-refractivity contribution in [1.29, 1.82) is 0 Å². The van der Waals surface area contributed by atoms with Crippen LogP contribution in [0.5, 0.6) is 0 Å². The molecule has 1 aromatic heterocycles. The molecule has 2 atom stereocenters. The van der Waals surface area contributed by atoms with E-state index in [2.05, 4.69) is 20.5 Å². The first kappa shape index (κ1) is 18.3. The molecule has 1 aromatic carbocycles. The summed E-state index contributed by atoms with van der Waals surface area (Å²) in [7, 11) is 3.99. The molecule has 2 aromatic rings. The molecule has 3 rings (SSSR count). The van der Waals surface area contributed by atoms with Gasteiger partial charge in [0.25, 0.3) is 0 Å². The Hall–Kier alpha value is -1.47. The van der Waals surface area contributed by atoms with Gasteiger partial charge in [-0.05, 0) is 24.8 Å². The number of amides is 1. The molecule has 0 unspecified atom stereocenters. The summed E-state index contributed by atoms with van der Waals surface area (Å²) in [6.07, 6.45) is 7.33. The van der Waals surface area contributed by atoms with E-state index >= 15 is 0 Å². The Morgan fingerprint density at radius 1 is 1.32 bits per heavy atom. The zero-order chi connectivity index (χ0) is 17.3. The van der Waals surface area contributed by atoms with Gasteiger partial charge in [0.1, 0.15) is 12.2 Å². The fourth-order valence-corrected chi connectivity index (χ4v) is 5.98. The number of rotatable bonds is 9. The van der Waals surface area contributed by atoms with Crippen molar-refractivity contribution in [3.8, 4) is 0 Å². The van der Waals surface area contributed by atoms with Gasteiger partial charge in [-0.15, -0.1) is 0 Å². The minimum absolute atomic E-state index is 0.0802. The van der Waals surface area contributed by atoms with Gasteiger partial charge in [-0.3, -0.25) is 9.89 Å². The monoisotopic (exact) mass is 376 g/mol. The average molecular weight is 377 g/mol. The molecule has 7 heteroatoms. The molecule has 1 fully saturated rings. The van der Waals surface area contributed by atoms with E-state index in [1.807, 2.05) is 51.9 Å². The van der Waals surface area contributed by atoms with Crippen molar-refractivity contribution in [2.45, 2.75) is 49.8 Å². The number of benzene rings is 1. The number of H-pyrrole nitrogens is 1. The van der Waals surface area contributed by atoms with Crippen LogP contribution < -0.4 is 5.32 Å². The number of nitrogens with zero attached hydrogens (tertiary/aromatic N) is 2. The lowest BCUT2D eigenvalue weighted by atomic mass is 10.0. The fraction of sp³-hybridized carbons (Fsp3) is 0.500.